The van der Waals surface area contributed by atoms with Gasteiger partial charge in [0.2, 0.25) is 0 Å². The van der Waals surface area contributed by atoms with Gasteiger partial charge in [-0.25, -0.2) is 16.8 Å². The number of sulfone groups is 1. The third kappa shape index (κ3) is 2.99. The van der Waals surface area contributed by atoms with Crippen molar-refractivity contribution in [3.8, 4) is 0 Å². The molecule has 1 aliphatic heterocycles. The zero-order valence-corrected chi connectivity index (χ0v) is 13.4. The molecule has 2 heterocycles. The minimum absolute atomic E-state index is 0.0968. The summed E-state index contributed by atoms with van der Waals surface area (Å²) in [7, 11) is -2.03. The number of halogens is 1. The maximum Gasteiger partial charge on any atom is 0.296 e. The lowest BCUT2D eigenvalue weighted by Crippen LogP contribution is -2.25. The van der Waals surface area contributed by atoms with Crippen LogP contribution in [0.2, 0.25) is 0 Å². The van der Waals surface area contributed by atoms with Crippen LogP contribution in [0, 0.1) is 0 Å². The van der Waals surface area contributed by atoms with E-state index in [0.29, 0.717) is 25.8 Å². The van der Waals surface area contributed by atoms with Crippen molar-refractivity contribution in [3.63, 3.8) is 0 Å². The summed E-state index contributed by atoms with van der Waals surface area (Å²) >= 11 is 0. The van der Waals surface area contributed by atoms with Gasteiger partial charge in [-0.1, -0.05) is 13.3 Å². The van der Waals surface area contributed by atoms with Crippen LogP contribution in [0.4, 0.5) is 0 Å². The topological polar surface area (TPSA) is 99.0 Å². The predicted octanol–water partition coefficient (Wildman–Crippen LogP) is 1.26. The van der Waals surface area contributed by atoms with Crippen molar-refractivity contribution < 1.29 is 16.8 Å². The van der Waals surface area contributed by atoms with Gasteiger partial charge in [-0.3, -0.25) is 4.57 Å². The highest BCUT2D eigenvalue weighted by Gasteiger charge is 2.36. The molecule has 0 spiro atoms. The van der Waals surface area contributed by atoms with E-state index < -0.39 is 24.1 Å². The first-order valence-corrected chi connectivity index (χ1v) is 10.4. The van der Waals surface area contributed by atoms with E-state index in [-0.39, 0.29) is 16.7 Å². The maximum absolute atomic E-state index is 12.1. The van der Waals surface area contributed by atoms with E-state index >= 15 is 0 Å². The quantitative estimate of drug-likeness (QED) is 0.764. The van der Waals surface area contributed by atoms with Crippen LogP contribution < -0.4 is 0 Å². The Bertz CT molecular complexity index is 696. The smallest absolute Gasteiger partial charge is 0.296 e. The van der Waals surface area contributed by atoms with Crippen LogP contribution in [-0.2, 0) is 25.4 Å². The molecule has 20 heavy (non-hydrogen) atoms. The molecule has 1 atom stereocenters. The third-order valence-corrected chi connectivity index (χ3v) is 6.60. The van der Waals surface area contributed by atoms with Crippen LogP contribution in [0.1, 0.15) is 43.7 Å². The fraction of sp³-hybridized carbons (Fsp3) is 0.800. The molecule has 0 bridgehead atoms. The molecule has 1 aromatic heterocycles. The zero-order chi connectivity index (χ0) is 15.0. The van der Waals surface area contributed by atoms with Gasteiger partial charge in [0, 0.05) is 17.2 Å². The second-order valence-electron chi connectivity index (χ2n) is 4.78. The van der Waals surface area contributed by atoms with E-state index in [1.807, 2.05) is 6.92 Å². The van der Waals surface area contributed by atoms with Gasteiger partial charge in [0.1, 0.15) is 5.25 Å². The average Bonchev–Trinajstić information content (AvgIpc) is 2.72. The summed E-state index contributed by atoms with van der Waals surface area (Å²) in [4.78, 5) is 0. The lowest BCUT2D eigenvalue weighted by Gasteiger charge is -2.22. The van der Waals surface area contributed by atoms with E-state index in [9.17, 15) is 16.8 Å². The van der Waals surface area contributed by atoms with Crippen molar-refractivity contribution in [2.75, 3.05) is 5.75 Å². The van der Waals surface area contributed by atoms with Crippen LogP contribution in [-0.4, -0.2) is 37.4 Å². The minimum atomic E-state index is -4.04. The first-order valence-electron chi connectivity index (χ1n) is 6.36. The van der Waals surface area contributed by atoms with Crippen molar-refractivity contribution in [3.05, 3.63) is 5.82 Å². The molecule has 10 heteroatoms. The van der Waals surface area contributed by atoms with Gasteiger partial charge < -0.3 is 0 Å². The Kier molecular flexibility index (Phi) is 4.41. The summed E-state index contributed by atoms with van der Waals surface area (Å²) in [6.45, 7) is 2.17. The summed E-state index contributed by atoms with van der Waals surface area (Å²) in [5, 5.41) is 6.20. The lowest BCUT2D eigenvalue weighted by atomic mass is 10.2. The summed E-state index contributed by atoms with van der Waals surface area (Å²) in [6, 6.07) is 0. The number of aromatic nitrogens is 3. The average molecular weight is 342 g/mol. The second-order valence-corrected chi connectivity index (χ2v) is 9.54. The summed E-state index contributed by atoms with van der Waals surface area (Å²) in [5.74, 6) is 0.283. The Morgan fingerprint density at radius 1 is 1.35 bits per heavy atom. The molecule has 114 valence electrons. The normalized spacial score (nSPS) is 22.8. The van der Waals surface area contributed by atoms with E-state index in [2.05, 4.69) is 10.2 Å². The number of hydrogen-bond acceptors (Lipinski definition) is 6. The molecule has 1 unspecified atom stereocenters. The molecule has 0 radical (unpaired) electrons. The Labute approximate surface area is 122 Å². The number of hydrogen-bond donors (Lipinski definition) is 0. The van der Waals surface area contributed by atoms with E-state index in [1.54, 1.807) is 0 Å². The highest BCUT2D eigenvalue weighted by atomic mass is 35.7. The molecule has 0 aliphatic carbocycles. The Morgan fingerprint density at radius 2 is 2.05 bits per heavy atom. The molecule has 0 saturated carbocycles. The fourth-order valence-electron chi connectivity index (χ4n) is 2.40. The SMILES string of the molecule is CCCn1c(C2CCCCS2(=O)=O)nnc1S(=O)(=O)Cl. The molecule has 0 aromatic carbocycles. The molecule has 1 fully saturated rings. The van der Waals surface area contributed by atoms with Crippen molar-refractivity contribution in [2.45, 2.75) is 49.6 Å². The number of nitrogens with zero attached hydrogens (tertiary/aromatic N) is 3. The van der Waals surface area contributed by atoms with E-state index in [4.69, 9.17) is 10.7 Å². The Morgan fingerprint density at radius 3 is 2.60 bits per heavy atom. The van der Waals surface area contributed by atoms with Crippen molar-refractivity contribution in [1.29, 1.82) is 0 Å². The van der Waals surface area contributed by atoms with Crippen LogP contribution >= 0.6 is 10.7 Å². The maximum atomic E-state index is 12.1. The molecule has 0 N–H and O–H groups in total. The highest BCUT2D eigenvalue weighted by molar-refractivity contribution is 8.13. The summed E-state index contributed by atoms with van der Waals surface area (Å²) < 4.78 is 48.5. The Hall–Kier alpha value is -0.670. The van der Waals surface area contributed by atoms with Crippen molar-refractivity contribution >= 4 is 29.6 Å². The number of rotatable bonds is 4. The van der Waals surface area contributed by atoms with Crippen molar-refractivity contribution in [2.24, 2.45) is 0 Å². The first-order chi connectivity index (χ1) is 9.27. The monoisotopic (exact) mass is 341 g/mol. The van der Waals surface area contributed by atoms with Gasteiger partial charge in [0.15, 0.2) is 15.7 Å². The van der Waals surface area contributed by atoms with Crippen LogP contribution in [0.15, 0.2) is 5.16 Å². The van der Waals surface area contributed by atoms with Gasteiger partial charge in [0.25, 0.3) is 14.2 Å². The zero-order valence-electron chi connectivity index (χ0n) is 11.0. The van der Waals surface area contributed by atoms with Gasteiger partial charge in [-0.15, -0.1) is 10.2 Å². The Balaban J connectivity index is 2.54. The molecule has 7 nitrogen and oxygen atoms in total. The molecule has 2 rings (SSSR count). The molecular weight excluding hydrogens is 326 g/mol. The predicted molar refractivity (Wildman–Crippen MR) is 73.7 cm³/mol. The van der Waals surface area contributed by atoms with E-state index in [1.165, 1.54) is 4.57 Å². The summed E-state index contributed by atoms with van der Waals surface area (Å²) in [6.07, 6.45) is 2.46. The van der Waals surface area contributed by atoms with E-state index in [0.717, 1.165) is 6.42 Å². The van der Waals surface area contributed by atoms with Crippen molar-refractivity contribution in [1.82, 2.24) is 14.8 Å². The van der Waals surface area contributed by atoms with Crippen LogP contribution in [0.3, 0.4) is 0 Å². The molecular formula is C10H16ClN3O4S2. The van der Waals surface area contributed by atoms with Crippen LogP contribution in [0.25, 0.3) is 0 Å². The third-order valence-electron chi connectivity index (χ3n) is 3.28. The minimum Gasteiger partial charge on any atom is -0.300 e. The molecule has 1 aliphatic rings. The molecule has 0 amide bonds. The second kappa shape index (κ2) is 5.61. The highest BCUT2D eigenvalue weighted by Crippen LogP contribution is 2.33. The fourth-order valence-corrected chi connectivity index (χ4v) is 5.24. The van der Waals surface area contributed by atoms with Crippen LogP contribution in [0.5, 0.6) is 0 Å². The van der Waals surface area contributed by atoms with Gasteiger partial charge >= 0.3 is 0 Å². The molecule has 1 aromatic rings. The molecule has 1 saturated heterocycles. The standard InChI is InChI=1S/C10H16ClN3O4S2/c1-2-6-14-9(12-13-10(14)20(11,17)18)8-5-3-4-7-19(8,15)16/h8H,2-7H2,1H3. The van der Waals surface area contributed by atoms with Gasteiger partial charge in [0.05, 0.1) is 5.75 Å². The summed E-state index contributed by atoms with van der Waals surface area (Å²) in [5.41, 5.74) is 0. The van der Waals surface area contributed by atoms with Gasteiger partial charge in [-0.2, -0.15) is 0 Å². The largest absolute Gasteiger partial charge is 0.300 e. The lowest BCUT2D eigenvalue weighted by molar-refractivity contribution is 0.510. The first kappa shape index (κ1) is 15.7. The van der Waals surface area contributed by atoms with Gasteiger partial charge in [-0.05, 0) is 19.3 Å².